The molecule has 0 atom stereocenters. The monoisotopic (exact) mass is 422 g/mol. The van der Waals surface area contributed by atoms with Crippen molar-refractivity contribution in [2.45, 2.75) is 9.79 Å². The third-order valence-corrected chi connectivity index (χ3v) is 6.50. The lowest BCUT2D eigenvalue weighted by Crippen LogP contribution is -1.85. The van der Waals surface area contributed by atoms with Crippen LogP contribution in [0.1, 0.15) is 0 Å². The number of phenolic OH excluding ortho intramolecular Hbond substituents is 2. The van der Waals surface area contributed by atoms with Crippen molar-refractivity contribution in [2.75, 3.05) is 0 Å². The molecule has 21 heavy (non-hydrogen) atoms. The first-order valence-electron chi connectivity index (χ1n) is 5.15. The first-order chi connectivity index (χ1) is 9.75. The summed E-state index contributed by atoms with van der Waals surface area (Å²) in [6, 6.07) is 2.91. The average Bonchev–Trinajstić information content (AvgIpc) is 2.47. The van der Waals surface area contributed by atoms with Gasteiger partial charge in [0.25, 0.3) is 0 Å². The Hall–Kier alpha value is 0.130. The number of benzene rings is 2. The number of halogens is 6. The normalized spacial score (nSPS) is 11.0. The summed E-state index contributed by atoms with van der Waals surface area (Å²) in [6.45, 7) is 0. The summed E-state index contributed by atoms with van der Waals surface area (Å²) in [5.74, 6) is -0.544. The second-order valence-corrected chi connectivity index (χ2v) is 7.07. The van der Waals surface area contributed by atoms with Crippen LogP contribution in [0.4, 0.5) is 0 Å². The fraction of sp³-hybridized carbons (Fsp3) is 0. The van der Waals surface area contributed by atoms with Gasteiger partial charge < -0.3 is 10.2 Å². The standard InChI is InChI=1S/C12H4Cl6O2S/c13-5-3(19)1-2-4(6(5)14)21-12-9(17)7(15)11(20)8(16)10(12)18/h1-2,19-20H. The van der Waals surface area contributed by atoms with Gasteiger partial charge in [0.2, 0.25) is 0 Å². The highest BCUT2D eigenvalue weighted by Gasteiger charge is 2.22. The maximum atomic E-state index is 9.67. The van der Waals surface area contributed by atoms with Crippen molar-refractivity contribution < 1.29 is 10.2 Å². The van der Waals surface area contributed by atoms with E-state index in [0.717, 1.165) is 11.8 Å². The van der Waals surface area contributed by atoms with Crippen molar-refractivity contribution in [3.63, 3.8) is 0 Å². The molecule has 112 valence electrons. The lowest BCUT2D eigenvalue weighted by molar-refractivity contribution is 0.475. The van der Waals surface area contributed by atoms with Gasteiger partial charge in [0, 0.05) is 4.90 Å². The van der Waals surface area contributed by atoms with Gasteiger partial charge >= 0.3 is 0 Å². The van der Waals surface area contributed by atoms with Crippen LogP contribution in [0.5, 0.6) is 11.5 Å². The van der Waals surface area contributed by atoms with Crippen LogP contribution < -0.4 is 0 Å². The van der Waals surface area contributed by atoms with Crippen LogP contribution >= 0.6 is 81.4 Å². The maximum Gasteiger partial charge on any atom is 0.155 e. The van der Waals surface area contributed by atoms with Crippen molar-refractivity contribution in [1.82, 2.24) is 0 Å². The van der Waals surface area contributed by atoms with Gasteiger partial charge in [-0.3, -0.25) is 0 Å². The molecule has 0 aromatic heterocycles. The van der Waals surface area contributed by atoms with Gasteiger partial charge in [-0.25, -0.2) is 0 Å². The number of aromatic hydroxyl groups is 2. The molecule has 2 rings (SSSR count). The summed E-state index contributed by atoms with van der Waals surface area (Å²) in [5, 5.41) is 19.1. The number of hydrogen-bond acceptors (Lipinski definition) is 3. The molecule has 2 N–H and O–H groups in total. The van der Waals surface area contributed by atoms with E-state index in [1.807, 2.05) is 0 Å². The SMILES string of the molecule is Oc1ccc(Sc2c(Cl)c(Cl)c(O)c(Cl)c2Cl)c(Cl)c1Cl. The summed E-state index contributed by atoms with van der Waals surface area (Å²) in [6.07, 6.45) is 0. The lowest BCUT2D eigenvalue weighted by Gasteiger charge is -2.13. The van der Waals surface area contributed by atoms with Gasteiger partial charge in [0.05, 0.1) is 20.0 Å². The Balaban J connectivity index is 2.58. The molecule has 0 saturated heterocycles. The smallest absolute Gasteiger partial charge is 0.155 e. The summed E-state index contributed by atoms with van der Waals surface area (Å²) >= 11 is 36.9. The molecule has 0 fully saturated rings. The van der Waals surface area contributed by atoms with E-state index in [9.17, 15) is 10.2 Å². The van der Waals surface area contributed by atoms with Crippen molar-refractivity contribution >= 4 is 81.4 Å². The van der Waals surface area contributed by atoms with Crippen molar-refractivity contribution in [3.8, 4) is 11.5 Å². The summed E-state index contributed by atoms with van der Waals surface area (Å²) < 4.78 is 0. The van der Waals surface area contributed by atoms with Crippen molar-refractivity contribution in [2.24, 2.45) is 0 Å². The molecule has 0 aliphatic heterocycles. The minimum Gasteiger partial charge on any atom is -0.506 e. The van der Waals surface area contributed by atoms with E-state index >= 15 is 0 Å². The molecule has 0 radical (unpaired) electrons. The average molecular weight is 425 g/mol. The Bertz CT molecular complexity index is 705. The third kappa shape index (κ3) is 3.25. The van der Waals surface area contributed by atoms with Gasteiger partial charge in [-0.05, 0) is 12.1 Å². The maximum absolute atomic E-state index is 9.67. The predicted octanol–water partition coefficient (Wildman–Crippen LogP) is 7.17. The molecule has 0 saturated carbocycles. The van der Waals surface area contributed by atoms with Gasteiger partial charge in [-0.2, -0.15) is 0 Å². The Morgan fingerprint density at radius 3 is 1.71 bits per heavy atom. The molecule has 0 aliphatic carbocycles. The molecule has 0 aliphatic rings. The summed E-state index contributed by atoms with van der Waals surface area (Å²) in [4.78, 5) is 0.802. The minimum atomic E-state index is -0.396. The van der Waals surface area contributed by atoms with Crippen molar-refractivity contribution in [3.05, 3.63) is 42.3 Å². The van der Waals surface area contributed by atoms with Crippen LogP contribution in [0, 0.1) is 0 Å². The fourth-order valence-corrected chi connectivity index (χ4v) is 4.01. The van der Waals surface area contributed by atoms with Crippen LogP contribution in [0.3, 0.4) is 0 Å². The van der Waals surface area contributed by atoms with Crippen LogP contribution in [0.2, 0.25) is 30.1 Å². The first kappa shape index (κ1) is 17.5. The minimum absolute atomic E-state index is 0.00452. The van der Waals surface area contributed by atoms with Gasteiger partial charge in [-0.1, -0.05) is 81.4 Å². The Morgan fingerprint density at radius 1 is 0.667 bits per heavy atom. The van der Waals surface area contributed by atoms with Gasteiger partial charge in [0.15, 0.2) is 5.75 Å². The number of phenols is 2. The third-order valence-electron chi connectivity index (χ3n) is 2.44. The molecule has 0 spiro atoms. The molecular weight excluding hydrogens is 421 g/mol. The zero-order valence-electron chi connectivity index (χ0n) is 9.73. The van der Waals surface area contributed by atoms with Crippen LogP contribution in [-0.4, -0.2) is 10.2 Å². The zero-order valence-corrected chi connectivity index (χ0v) is 15.1. The number of rotatable bonds is 2. The molecular formula is C12H4Cl6O2S. The lowest BCUT2D eigenvalue weighted by atomic mass is 10.3. The summed E-state index contributed by atoms with van der Waals surface area (Å²) in [5.41, 5.74) is 0. The predicted molar refractivity (Wildman–Crippen MR) is 90.4 cm³/mol. The Labute approximate surface area is 154 Å². The van der Waals surface area contributed by atoms with Gasteiger partial charge in [-0.15, -0.1) is 0 Å². The van der Waals surface area contributed by atoms with E-state index in [-0.39, 0.29) is 35.9 Å². The highest BCUT2D eigenvalue weighted by Crippen LogP contribution is 2.52. The van der Waals surface area contributed by atoms with E-state index in [0.29, 0.717) is 9.79 Å². The molecule has 2 nitrogen and oxygen atoms in total. The molecule has 2 aromatic carbocycles. The van der Waals surface area contributed by atoms with E-state index in [1.165, 1.54) is 12.1 Å². The molecule has 0 unspecified atom stereocenters. The Kier molecular flexibility index (Phi) is 5.59. The zero-order chi connectivity index (χ0) is 15.9. The second-order valence-electron chi connectivity index (χ2n) is 3.75. The van der Waals surface area contributed by atoms with E-state index in [1.54, 1.807) is 0 Å². The fourth-order valence-electron chi connectivity index (χ4n) is 1.40. The topological polar surface area (TPSA) is 40.5 Å². The highest BCUT2D eigenvalue weighted by molar-refractivity contribution is 7.99. The second kappa shape index (κ2) is 6.71. The summed E-state index contributed by atoms with van der Waals surface area (Å²) in [7, 11) is 0. The Morgan fingerprint density at radius 2 is 1.19 bits per heavy atom. The highest BCUT2D eigenvalue weighted by atomic mass is 35.5. The van der Waals surface area contributed by atoms with Crippen molar-refractivity contribution in [1.29, 1.82) is 0 Å². The first-order valence-corrected chi connectivity index (χ1v) is 8.23. The number of hydrogen-bond donors (Lipinski definition) is 2. The van der Waals surface area contributed by atoms with E-state index in [2.05, 4.69) is 0 Å². The molecule has 0 bridgehead atoms. The quantitative estimate of drug-likeness (QED) is 0.502. The molecule has 0 amide bonds. The van der Waals surface area contributed by atoms with Crippen LogP contribution in [-0.2, 0) is 0 Å². The molecule has 9 heteroatoms. The van der Waals surface area contributed by atoms with E-state index in [4.69, 9.17) is 69.6 Å². The van der Waals surface area contributed by atoms with E-state index < -0.39 is 5.75 Å². The van der Waals surface area contributed by atoms with Crippen LogP contribution in [0.15, 0.2) is 21.9 Å². The molecule has 0 heterocycles. The largest absolute Gasteiger partial charge is 0.506 e. The van der Waals surface area contributed by atoms with Gasteiger partial charge in [0.1, 0.15) is 20.8 Å². The van der Waals surface area contributed by atoms with Crippen LogP contribution in [0.25, 0.3) is 0 Å². The molecule has 2 aromatic rings.